The summed E-state index contributed by atoms with van der Waals surface area (Å²) in [5.74, 6) is -4.02. The lowest BCUT2D eigenvalue weighted by molar-refractivity contribution is 0.254. The van der Waals surface area contributed by atoms with Gasteiger partial charge < -0.3 is 0 Å². The lowest BCUT2D eigenvalue weighted by Gasteiger charge is -2.28. The van der Waals surface area contributed by atoms with E-state index in [0.29, 0.717) is 32.4 Å². The Balaban J connectivity index is 1.91. The van der Waals surface area contributed by atoms with Crippen molar-refractivity contribution in [3.8, 4) is 0 Å². The summed E-state index contributed by atoms with van der Waals surface area (Å²) >= 11 is 0. The van der Waals surface area contributed by atoms with Gasteiger partial charge in [-0.25, -0.2) is 26.3 Å². The van der Waals surface area contributed by atoms with E-state index in [0.717, 1.165) is 12.1 Å². The summed E-state index contributed by atoms with van der Waals surface area (Å²) in [6.45, 7) is 3.10. The van der Waals surface area contributed by atoms with Crippen molar-refractivity contribution in [2.24, 2.45) is 0 Å². The van der Waals surface area contributed by atoms with Gasteiger partial charge in [0.1, 0.15) is 0 Å². The van der Waals surface area contributed by atoms with Gasteiger partial charge in [-0.1, -0.05) is 6.92 Å². The highest BCUT2D eigenvalue weighted by Gasteiger charge is 2.42. The van der Waals surface area contributed by atoms with Crippen molar-refractivity contribution in [2.45, 2.75) is 43.5 Å². The fraction of sp³-hybridized carbons (Fsp3) is 0.600. The topological polar surface area (TPSA) is 49.4 Å². The van der Waals surface area contributed by atoms with E-state index in [1.165, 1.54) is 0 Å². The summed E-state index contributed by atoms with van der Waals surface area (Å²) in [4.78, 5) is 1.94. The van der Waals surface area contributed by atoms with E-state index in [1.54, 1.807) is 0 Å². The zero-order valence-electron chi connectivity index (χ0n) is 12.7. The van der Waals surface area contributed by atoms with E-state index in [1.807, 2.05) is 11.8 Å². The van der Waals surface area contributed by atoms with Crippen LogP contribution in [0.4, 0.5) is 13.2 Å². The van der Waals surface area contributed by atoms with E-state index >= 15 is 0 Å². The summed E-state index contributed by atoms with van der Waals surface area (Å²) in [5.41, 5.74) is 0.254. The Morgan fingerprint density at radius 1 is 1.17 bits per heavy atom. The quantitative estimate of drug-likeness (QED) is 0.831. The lowest BCUT2D eigenvalue weighted by Crippen LogP contribution is -2.41. The van der Waals surface area contributed by atoms with Crippen molar-refractivity contribution in [1.82, 2.24) is 9.62 Å². The number of benzene rings is 1. The van der Waals surface area contributed by atoms with Gasteiger partial charge in [-0.2, -0.15) is 0 Å². The van der Waals surface area contributed by atoms with Crippen LogP contribution in [-0.4, -0.2) is 37.7 Å². The molecule has 0 spiro atoms. The van der Waals surface area contributed by atoms with Gasteiger partial charge in [0, 0.05) is 12.6 Å². The van der Waals surface area contributed by atoms with Gasteiger partial charge in [-0.05, 0) is 43.5 Å². The van der Waals surface area contributed by atoms with Gasteiger partial charge in [0.05, 0.1) is 11.3 Å². The van der Waals surface area contributed by atoms with Crippen LogP contribution in [0.3, 0.4) is 0 Å². The third kappa shape index (κ3) is 3.25. The van der Waals surface area contributed by atoms with Crippen molar-refractivity contribution < 1.29 is 21.6 Å². The summed E-state index contributed by atoms with van der Waals surface area (Å²) in [6.07, 6.45) is 1.83. The molecule has 0 radical (unpaired) electrons. The number of hydrogen-bond donors (Lipinski definition) is 1. The molecule has 1 aromatic rings. The van der Waals surface area contributed by atoms with Crippen molar-refractivity contribution >= 4 is 10.0 Å². The number of likely N-dealkylation sites (tertiary alicyclic amines) is 1. The van der Waals surface area contributed by atoms with E-state index in [2.05, 4.69) is 4.72 Å². The summed E-state index contributed by atoms with van der Waals surface area (Å²) < 4.78 is 67.3. The Hall–Kier alpha value is -1.12. The molecule has 128 valence electrons. The maximum absolute atomic E-state index is 13.6. The van der Waals surface area contributed by atoms with E-state index in [9.17, 15) is 21.6 Å². The van der Waals surface area contributed by atoms with Crippen LogP contribution < -0.4 is 4.72 Å². The second-order valence-electron chi connectivity index (χ2n) is 6.13. The molecule has 2 aliphatic rings. The normalized spacial score (nSPS) is 25.9. The molecule has 3 rings (SSSR count). The number of halogens is 3. The number of nitrogens with zero attached hydrogens (tertiary/aromatic N) is 1. The van der Waals surface area contributed by atoms with Gasteiger partial charge >= 0.3 is 0 Å². The highest BCUT2D eigenvalue weighted by molar-refractivity contribution is 7.90. The molecule has 1 saturated carbocycles. The second kappa shape index (κ2) is 6.07. The van der Waals surface area contributed by atoms with Crippen LogP contribution in [0.5, 0.6) is 0 Å². The highest BCUT2D eigenvalue weighted by Crippen LogP contribution is 2.35. The first kappa shape index (κ1) is 16.7. The monoisotopic (exact) mass is 348 g/mol. The Morgan fingerprint density at radius 2 is 1.78 bits per heavy atom. The van der Waals surface area contributed by atoms with Crippen molar-refractivity contribution in [3.05, 3.63) is 35.1 Å². The van der Waals surface area contributed by atoms with Crippen LogP contribution in [0.2, 0.25) is 0 Å². The van der Waals surface area contributed by atoms with Crippen LogP contribution in [-0.2, 0) is 10.0 Å². The van der Waals surface area contributed by atoms with Gasteiger partial charge in [0.15, 0.2) is 17.5 Å². The number of likely N-dealkylation sites (N-methyl/N-ethyl adjacent to an activating group) is 1. The Bertz CT molecular complexity index is 684. The molecular formula is C15H19F3N2O2S. The Kier molecular flexibility index (Phi) is 4.41. The summed E-state index contributed by atoms with van der Waals surface area (Å²) in [7, 11) is -3.41. The standard InChI is InChI=1S/C15H19F3N2O2S/c1-2-20-6-5-13(19-23(21,22)10-3-4-10)15(20)9-7-11(16)14(18)12(17)8-9/h7-8,10,13,15,19H,2-6H2,1H3/t13-,15-/m1/s1. The first-order valence-electron chi connectivity index (χ1n) is 7.73. The minimum Gasteiger partial charge on any atom is -0.295 e. The van der Waals surface area contributed by atoms with E-state index < -0.39 is 39.6 Å². The van der Waals surface area contributed by atoms with Crippen LogP contribution in [0.15, 0.2) is 12.1 Å². The highest BCUT2D eigenvalue weighted by atomic mass is 32.2. The number of rotatable bonds is 5. The van der Waals surface area contributed by atoms with Crippen LogP contribution in [0, 0.1) is 17.5 Å². The van der Waals surface area contributed by atoms with Gasteiger partial charge in [-0.15, -0.1) is 0 Å². The van der Waals surface area contributed by atoms with Gasteiger partial charge in [-0.3, -0.25) is 4.90 Å². The predicted molar refractivity (Wildman–Crippen MR) is 79.8 cm³/mol. The molecule has 1 heterocycles. The molecule has 8 heteroatoms. The van der Waals surface area contributed by atoms with Crippen LogP contribution >= 0.6 is 0 Å². The molecule has 2 atom stereocenters. The Labute approximate surface area is 133 Å². The molecule has 23 heavy (non-hydrogen) atoms. The average molecular weight is 348 g/mol. The smallest absolute Gasteiger partial charge is 0.214 e. The minimum atomic E-state index is -3.41. The molecule has 1 aliphatic carbocycles. The molecule has 1 N–H and O–H groups in total. The molecule has 0 unspecified atom stereocenters. The Morgan fingerprint density at radius 3 is 2.30 bits per heavy atom. The number of hydrogen-bond acceptors (Lipinski definition) is 3. The summed E-state index contributed by atoms with van der Waals surface area (Å²) in [5, 5.41) is -0.361. The molecule has 1 saturated heterocycles. The molecular weight excluding hydrogens is 329 g/mol. The lowest BCUT2D eigenvalue weighted by atomic mass is 10.0. The van der Waals surface area contributed by atoms with Crippen LogP contribution in [0.25, 0.3) is 0 Å². The number of sulfonamides is 1. The third-order valence-corrected chi connectivity index (χ3v) is 6.51. The largest absolute Gasteiger partial charge is 0.295 e. The molecule has 2 fully saturated rings. The summed E-state index contributed by atoms with van der Waals surface area (Å²) in [6, 6.07) is 0.938. The molecule has 4 nitrogen and oxygen atoms in total. The van der Waals surface area contributed by atoms with Gasteiger partial charge in [0.25, 0.3) is 0 Å². The fourth-order valence-electron chi connectivity index (χ4n) is 3.21. The fourth-order valence-corrected chi connectivity index (χ4v) is 4.83. The zero-order chi connectivity index (χ0) is 16.8. The molecule has 1 aliphatic heterocycles. The number of nitrogens with one attached hydrogen (secondary N) is 1. The van der Waals surface area contributed by atoms with Crippen LogP contribution in [0.1, 0.15) is 37.8 Å². The molecule has 0 amide bonds. The van der Waals surface area contributed by atoms with Crippen molar-refractivity contribution in [1.29, 1.82) is 0 Å². The minimum absolute atomic E-state index is 0.254. The molecule has 0 bridgehead atoms. The van der Waals surface area contributed by atoms with Gasteiger partial charge in [0.2, 0.25) is 10.0 Å². The second-order valence-corrected chi connectivity index (χ2v) is 8.12. The zero-order valence-corrected chi connectivity index (χ0v) is 13.5. The maximum Gasteiger partial charge on any atom is 0.214 e. The molecule has 0 aromatic heterocycles. The average Bonchev–Trinajstić information content (AvgIpc) is 3.27. The van der Waals surface area contributed by atoms with Crippen molar-refractivity contribution in [3.63, 3.8) is 0 Å². The van der Waals surface area contributed by atoms with E-state index in [4.69, 9.17) is 0 Å². The van der Waals surface area contributed by atoms with Crippen molar-refractivity contribution in [2.75, 3.05) is 13.1 Å². The maximum atomic E-state index is 13.6. The third-order valence-electron chi connectivity index (χ3n) is 4.53. The molecule has 1 aromatic carbocycles. The first-order chi connectivity index (χ1) is 10.8. The predicted octanol–water partition coefficient (Wildman–Crippen LogP) is 2.32. The SMILES string of the molecule is CCN1CC[C@@H](NS(=O)(=O)C2CC2)[C@H]1c1cc(F)c(F)c(F)c1. The van der Waals surface area contributed by atoms with E-state index in [-0.39, 0.29) is 10.8 Å². The first-order valence-corrected chi connectivity index (χ1v) is 9.27.